The molecule has 2 unspecified atom stereocenters. The number of urea groups is 1. The lowest BCUT2D eigenvalue weighted by molar-refractivity contribution is -0.142. The first-order valence-electron chi connectivity index (χ1n) is 5.96. The van der Waals surface area contributed by atoms with Crippen LogP contribution in [0.5, 0.6) is 0 Å². The number of amides is 2. The molecule has 1 aliphatic heterocycles. The van der Waals surface area contributed by atoms with E-state index in [1.807, 2.05) is 13.8 Å². The number of rotatable bonds is 5. The molecule has 0 radical (unpaired) electrons. The summed E-state index contributed by atoms with van der Waals surface area (Å²) in [4.78, 5) is 24.5. The fraction of sp³-hybridized carbons (Fsp3) is 0.667. The highest BCUT2D eigenvalue weighted by atomic mass is 16.5. The van der Waals surface area contributed by atoms with Crippen LogP contribution < -0.4 is 5.32 Å². The number of ether oxygens (including phenoxy) is 1. The Morgan fingerprint density at radius 2 is 2.17 bits per heavy atom. The Balaban J connectivity index is 2.57. The van der Waals surface area contributed by atoms with Gasteiger partial charge in [0, 0.05) is 13.1 Å². The standard InChI is InChI=1S/C12H20N2O4/c1-4-14(5-8(2)3)12(17)13-10-7-18-6-9(10)11(15)16/h9-10H,2,4-7H2,1,3H3,(H,13,17)(H,15,16). The fourth-order valence-corrected chi connectivity index (χ4v) is 1.84. The molecule has 0 aromatic rings. The third-order valence-corrected chi connectivity index (χ3v) is 2.84. The van der Waals surface area contributed by atoms with Crippen molar-refractivity contribution < 1.29 is 19.4 Å². The fourth-order valence-electron chi connectivity index (χ4n) is 1.84. The smallest absolute Gasteiger partial charge is 0.318 e. The molecule has 1 aliphatic rings. The van der Waals surface area contributed by atoms with Crippen molar-refractivity contribution in [3.8, 4) is 0 Å². The lowest BCUT2D eigenvalue weighted by Crippen LogP contribution is -2.49. The van der Waals surface area contributed by atoms with Gasteiger partial charge in [-0.3, -0.25) is 4.79 Å². The van der Waals surface area contributed by atoms with Crippen LogP contribution in [0.2, 0.25) is 0 Å². The lowest BCUT2D eigenvalue weighted by atomic mass is 10.0. The first-order chi connectivity index (χ1) is 8.45. The summed E-state index contributed by atoms with van der Waals surface area (Å²) < 4.78 is 5.09. The van der Waals surface area contributed by atoms with Crippen molar-refractivity contribution in [1.29, 1.82) is 0 Å². The molecule has 102 valence electrons. The molecule has 6 nitrogen and oxygen atoms in total. The molecule has 2 N–H and O–H groups in total. The molecule has 1 rings (SSSR count). The predicted molar refractivity (Wildman–Crippen MR) is 66.3 cm³/mol. The second-order valence-electron chi connectivity index (χ2n) is 4.51. The molecule has 0 saturated carbocycles. The van der Waals surface area contributed by atoms with Crippen molar-refractivity contribution in [2.24, 2.45) is 5.92 Å². The molecule has 0 spiro atoms. The van der Waals surface area contributed by atoms with Crippen molar-refractivity contribution in [3.05, 3.63) is 12.2 Å². The van der Waals surface area contributed by atoms with Gasteiger partial charge in [-0.25, -0.2) is 4.79 Å². The zero-order valence-electron chi connectivity index (χ0n) is 10.8. The van der Waals surface area contributed by atoms with E-state index in [0.29, 0.717) is 13.1 Å². The van der Waals surface area contributed by atoms with E-state index in [2.05, 4.69) is 11.9 Å². The van der Waals surface area contributed by atoms with Crippen LogP contribution in [0.4, 0.5) is 4.79 Å². The highest BCUT2D eigenvalue weighted by Crippen LogP contribution is 2.14. The highest BCUT2D eigenvalue weighted by Gasteiger charge is 2.35. The zero-order valence-corrected chi connectivity index (χ0v) is 10.8. The predicted octanol–water partition coefficient (Wildman–Crippen LogP) is 0.694. The minimum Gasteiger partial charge on any atom is -0.481 e. The van der Waals surface area contributed by atoms with Gasteiger partial charge in [0.2, 0.25) is 0 Å². The Hall–Kier alpha value is -1.56. The average Bonchev–Trinajstić information content (AvgIpc) is 2.73. The van der Waals surface area contributed by atoms with Gasteiger partial charge in [0.1, 0.15) is 5.92 Å². The number of aliphatic carboxylic acids is 1. The number of carboxylic acid groups (broad SMARTS) is 1. The molecule has 0 aromatic heterocycles. The second kappa shape index (κ2) is 6.39. The Bertz CT molecular complexity index is 343. The Labute approximate surface area is 107 Å². The van der Waals surface area contributed by atoms with E-state index >= 15 is 0 Å². The lowest BCUT2D eigenvalue weighted by Gasteiger charge is -2.24. The van der Waals surface area contributed by atoms with Gasteiger partial charge in [0.25, 0.3) is 0 Å². The van der Waals surface area contributed by atoms with Crippen LogP contribution in [0, 0.1) is 5.92 Å². The summed E-state index contributed by atoms with van der Waals surface area (Å²) in [6.07, 6.45) is 0. The van der Waals surface area contributed by atoms with Crippen LogP contribution in [0.25, 0.3) is 0 Å². The average molecular weight is 256 g/mol. The zero-order chi connectivity index (χ0) is 13.7. The van der Waals surface area contributed by atoms with E-state index in [0.717, 1.165) is 5.57 Å². The van der Waals surface area contributed by atoms with Crippen LogP contribution in [-0.2, 0) is 9.53 Å². The summed E-state index contributed by atoms with van der Waals surface area (Å²) in [6, 6.07) is -0.739. The van der Waals surface area contributed by atoms with Gasteiger partial charge < -0.3 is 20.1 Å². The first kappa shape index (κ1) is 14.5. The van der Waals surface area contributed by atoms with Gasteiger partial charge in [0.05, 0.1) is 19.3 Å². The van der Waals surface area contributed by atoms with Gasteiger partial charge in [-0.2, -0.15) is 0 Å². The van der Waals surface area contributed by atoms with E-state index < -0.39 is 17.9 Å². The van der Waals surface area contributed by atoms with Crippen LogP contribution in [0.1, 0.15) is 13.8 Å². The first-order valence-corrected chi connectivity index (χ1v) is 5.96. The van der Waals surface area contributed by atoms with E-state index in [1.165, 1.54) is 0 Å². The third-order valence-electron chi connectivity index (χ3n) is 2.84. The number of carbonyl (C=O) groups excluding carboxylic acids is 1. The van der Waals surface area contributed by atoms with Crippen molar-refractivity contribution in [2.75, 3.05) is 26.3 Å². The van der Waals surface area contributed by atoms with Crippen LogP contribution in [0.15, 0.2) is 12.2 Å². The van der Waals surface area contributed by atoms with E-state index in [1.54, 1.807) is 4.90 Å². The molecule has 1 saturated heterocycles. The van der Waals surface area contributed by atoms with Crippen LogP contribution in [0.3, 0.4) is 0 Å². The van der Waals surface area contributed by atoms with Crippen LogP contribution >= 0.6 is 0 Å². The number of nitrogens with zero attached hydrogens (tertiary/aromatic N) is 1. The minimum absolute atomic E-state index is 0.146. The van der Waals surface area contributed by atoms with Gasteiger partial charge in [-0.1, -0.05) is 12.2 Å². The van der Waals surface area contributed by atoms with Crippen LogP contribution in [-0.4, -0.2) is 54.4 Å². The molecule has 6 heteroatoms. The molecule has 1 fully saturated rings. The van der Waals surface area contributed by atoms with Crippen molar-refractivity contribution in [1.82, 2.24) is 10.2 Å². The number of carbonyl (C=O) groups is 2. The monoisotopic (exact) mass is 256 g/mol. The van der Waals surface area contributed by atoms with Gasteiger partial charge in [0.15, 0.2) is 0 Å². The normalized spacial score (nSPS) is 22.6. The molecular formula is C12H20N2O4. The maximum Gasteiger partial charge on any atom is 0.318 e. The molecule has 18 heavy (non-hydrogen) atoms. The van der Waals surface area contributed by atoms with Crippen molar-refractivity contribution >= 4 is 12.0 Å². The maximum atomic E-state index is 12.0. The largest absolute Gasteiger partial charge is 0.481 e. The number of nitrogens with one attached hydrogen (secondary N) is 1. The second-order valence-corrected chi connectivity index (χ2v) is 4.51. The molecule has 0 aliphatic carbocycles. The molecular weight excluding hydrogens is 236 g/mol. The summed E-state index contributed by atoms with van der Waals surface area (Å²) >= 11 is 0. The number of likely N-dealkylation sites (N-methyl/N-ethyl adjacent to an activating group) is 1. The minimum atomic E-state index is -0.944. The van der Waals surface area contributed by atoms with E-state index in [9.17, 15) is 9.59 Å². The number of hydrogen-bond donors (Lipinski definition) is 2. The van der Waals surface area contributed by atoms with Crippen molar-refractivity contribution in [3.63, 3.8) is 0 Å². The summed E-state index contributed by atoms with van der Waals surface area (Å²) in [5, 5.41) is 11.7. The third kappa shape index (κ3) is 3.73. The summed E-state index contributed by atoms with van der Waals surface area (Å²) in [7, 11) is 0. The van der Waals surface area contributed by atoms with E-state index in [-0.39, 0.29) is 19.2 Å². The summed E-state index contributed by atoms with van der Waals surface area (Å²) in [6.45, 7) is 8.87. The summed E-state index contributed by atoms with van der Waals surface area (Å²) in [5.74, 6) is -1.61. The highest BCUT2D eigenvalue weighted by molar-refractivity contribution is 5.77. The number of carboxylic acids is 1. The summed E-state index contributed by atoms with van der Waals surface area (Å²) in [5.41, 5.74) is 0.879. The Morgan fingerprint density at radius 3 is 2.67 bits per heavy atom. The molecule has 0 aromatic carbocycles. The van der Waals surface area contributed by atoms with Crippen molar-refractivity contribution in [2.45, 2.75) is 19.9 Å². The van der Waals surface area contributed by atoms with Gasteiger partial charge >= 0.3 is 12.0 Å². The number of hydrogen-bond acceptors (Lipinski definition) is 3. The maximum absolute atomic E-state index is 12.0. The topological polar surface area (TPSA) is 78.9 Å². The molecule has 2 atom stereocenters. The quantitative estimate of drug-likeness (QED) is 0.709. The van der Waals surface area contributed by atoms with Gasteiger partial charge in [-0.05, 0) is 13.8 Å². The Morgan fingerprint density at radius 1 is 1.50 bits per heavy atom. The SMILES string of the molecule is C=C(C)CN(CC)C(=O)NC1COCC1C(=O)O. The molecule has 2 amide bonds. The molecule has 0 bridgehead atoms. The molecule has 1 heterocycles. The van der Waals surface area contributed by atoms with E-state index in [4.69, 9.17) is 9.84 Å². The Kier molecular flexibility index (Phi) is 5.15. The van der Waals surface area contributed by atoms with Gasteiger partial charge in [-0.15, -0.1) is 0 Å².